The average molecular weight is 535 g/mol. The van der Waals surface area contributed by atoms with Crippen LogP contribution in [0.25, 0.3) is 28.1 Å². The molecule has 1 N–H and O–H groups in total. The average Bonchev–Trinajstić information content (AvgIpc) is 3.60. The lowest BCUT2D eigenvalue weighted by atomic mass is 10.0. The number of nitrogens with one attached hydrogen (secondary N) is 1. The van der Waals surface area contributed by atoms with E-state index in [0.717, 1.165) is 33.6 Å². The van der Waals surface area contributed by atoms with Gasteiger partial charge in [0.25, 0.3) is 5.91 Å². The van der Waals surface area contributed by atoms with E-state index in [1.165, 1.54) is 13.2 Å². The molecule has 8 nitrogen and oxygen atoms in total. The van der Waals surface area contributed by atoms with Crippen molar-refractivity contribution in [3.63, 3.8) is 0 Å². The number of anilines is 2. The predicted octanol–water partition coefficient (Wildman–Crippen LogP) is 6.66. The number of hydrogen-bond acceptors (Lipinski definition) is 6. The Labute approximate surface area is 232 Å². The van der Waals surface area contributed by atoms with Crippen molar-refractivity contribution in [1.82, 2.24) is 9.78 Å². The number of hydrogen-bond donors (Lipinski definition) is 1. The molecule has 0 aliphatic carbocycles. The molecule has 0 unspecified atom stereocenters. The van der Waals surface area contributed by atoms with Crippen LogP contribution in [0.1, 0.15) is 28.6 Å². The number of aryl methyl sites for hydroxylation is 1. The summed E-state index contributed by atoms with van der Waals surface area (Å²) in [7, 11) is 3.97. The molecular weight excluding hydrogens is 504 g/mol. The fraction of sp³-hybridized carbons (Fsp3) is 0.156. The smallest absolute Gasteiger partial charge is 0.309 e. The molecule has 202 valence electrons. The van der Waals surface area contributed by atoms with E-state index in [2.05, 4.69) is 5.32 Å². The Morgan fingerprint density at radius 2 is 1.60 bits per heavy atom. The normalized spacial score (nSPS) is 10.8. The van der Waals surface area contributed by atoms with Gasteiger partial charge in [-0.3, -0.25) is 9.59 Å². The maximum atomic E-state index is 12.5. The number of nitrogens with zero attached hydrogens (tertiary/aromatic N) is 3. The van der Waals surface area contributed by atoms with Crippen molar-refractivity contribution in [2.75, 3.05) is 24.3 Å². The first-order valence-corrected chi connectivity index (χ1v) is 12.8. The number of carbonyl (C=O) groups is 2. The van der Waals surface area contributed by atoms with Crippen LogP contribution in [0.15, 0.2) is 89.5 Å². The molecule has 40 heavy (non-hydrogen) atoms. The second kappa shape index (κ2) is 10.9. The number of furan rings is 1. The van der Waals surface area contributed by atoms with E-state index in [1.807, 2.05) is 87.4 Å². The maximum Gasteiger partial charge on any atom is 0.309 e. The standard InChI is InChI=1S/C32H30N4O4/c1-20-8-6-9-27(21(20)2)36-32(40-22(3)37)29(30(34-36)24-13-17-26(18-14-24)35(4)5)23-11-15-25(16-12-23)33-31(38)28-10-7-19-39-28/h6-19H,1-5H3,(H,33,38). The van der Waals surface area contributed by atoms with Gasteiger partial charge in [-0.1, -0.05) is 36.4 Å². The number of benzene rings is 3. The molecule has 0 aliphatic rings. The highest BCUT2D eigenvalue weighted by atomic mass is 16.5. The van der Waals surface area contributed by atoms with Crippen LogP contribution in [0.5, 0.6) is 5.88 Å². The minimum atomic E-state index is -0.454. The number of carbonyl (C=O) groups excluding carboxylic acids is 2. The van der Waals surface area contributed by atoms with Gasteiger partial charge in [-0.15, -0.1) is 0 Å². The molecule has 0 radical (unpaired) electrons. The Morgan fingerprint density at radius 3 is 2.23 bits per heavy atom. The van der Waals surface area contributed by atoms with E-state index in [9.17, 15) is 9.59 Å². The fourth-order valence-corrected chi connectivity index (χ4v) is 4.46. The Bertz CT molecular complexity index is 1670. The number of amides is 1. The third kappa shape index (κ3) is 5.24. The van der Waals surface area contributed by atoms with Gasteiger partial charge < -0.3 is 19.4 Å². The lowest BCUT2D eigenvalue weighted by molar-refractivity contribution is -0.132. The molecule has 0 fully saturated rings. The summed E-state index contributed by atoms with van der Waals surface area (Å²) in [5.41, 5.74) is 7.55. The summed E-state index contributed by atoms with van der Waals surface area (Å²) in [6, 6.07) is 24.6. The second-order valence-electron chi connectivity index (χ2n) is 9.70. The van der Waals surface area contributed by atoms with Crippen molar-refractivity contribution in [2.24, 2.45) is 0 Å². The van der Waals surface area contributed by atoms with Crippen molar-refractivity contribution >= 4 is 23.3 Å². The molecule has 0 bridgehead atoms. The highest BCUT2D eigenvalue weighted by Gasteiger charge is 2.25. The Hall–Kier alpha value is -5.11. The van der Waals surface area contributed by atoms with Crippen LogP contribution >= 0.6 is 0 Å². The molecule has 2 heterocycles. The minimum absolute atomic E-state index is 0.222. The number of esters is 1. The van der Waals surface area contributed by atoms with Crippen LogP contribution in [0.4, 0.5) is 11.4 Å². The molecule has 8 heteroatoms. The van der Waals surface area contributed by atoms with Gasteiger partial charge in [0.1, 0.15) is 5.69 Å². The first kappa shape index (κ1) is 26.5. The molecule has 5 rings (SSSR count). The summed E-state index contributed by atoms with van der Waals surface area (Å²) in [5, 5.41) is 7.84. The molecule has 0 spiro atoms. The van der Waals surface area contributed by atoms with Crippen molar-refractivity contribution in [3.05, 3.63) is 102 Å². The molecule has 0 atom stereocenters. The van der Waals surface area contributed by atoms with Crippen molar-refractivity contribution in [1.29, 1.82) is 0 Å². The van der Waals surface area contributed by atoms with Crippen molar-refractivity contribution in [3.8, 4) is 34.0 Å². The van der Waals surface area contributed by atoms with Crippen molar-refractivity contribution < 1.29 is 18.7 Å². The Kier molecular flexibility index (Phi) is 7.25. The highest BCUT2D eigenvalue weighted by molar-refractivity contribution is 6.02. The zero-order chi connectivity index (χ0) is 28.4. The third-order valence-electron chi connectivity index (χ3n) is 6.72. The number of aromatic nitrogens is 2. The summed E-state index contributed by atoms with van der Waals surface area (Å²) < 4.78 is 12.7. The lowest BCUT2D eigenvalue weighted by Crippen LogP contribution is -2.10. The summed E-state index contributed by atoms with van der Waals surface area (Å²) in [4.78, 5) is 26.8. The van der Waals surface area contributed by atoms with Crippen LogP contribution in [0.3, 0.4) is 0 Å². The summed E-state index contributed by atoms with van der Waals surface area (Å²) in [6.07, 6.45) is 1.45. The number of rotatable bonds is 7. The summed E-state index contributed by atoms with van der Waals surface area (Å²) in [6.45, 7) is 5.43. The minimum Gasteiger partial charge on any atom is -0.459 e. The molecular formula is C32H30N4O4. The van der Waals surface area contributed by atoms with E-state index >= 15 is 0 Å². The molecule has 5 aromatic rings. The monoisotopic (exact) mass is 534 g/mol. The van der Waals surface area contributed by atoms with E-state index in [1.54, 1.807) is 28.9 Å². The van der Waals surface area contributed by atoms with Crippen LogP contribution < -0.4 is 15.0 Å². The van der Waals surface area contributed by atoms with E-state index in [4.69, 9.17) is 14.3 Å². The Balaban J connectivity index is 1.67. The largest absolute Gasteiger partial charge is 0.459 e. The molecule has 3 aromatic carbocycles. The van der Waals surface area contributed by atoms with Crippen molar-refractivity contribution in [2.45, 2.75) is 20.8 Å². The predicted molar refractivity (Wildman–Crippen MR) is 156 cm³/mol. The third-order valence-corrected chi connectivity index (χ3v) is 6.72. The van der Waals surface area contributed by atoms with Crippen LogP contribution in [0.2, 0.25) is 0 Å². The maximum absolute atomic E-state index is 12.5. The van der Waals surface area contributed by atoms with Gasteiger partial charge in [0.05, 0.1) is 17.5 Å². The van der Waals surface area contributed by atoms with Gasteiger partial charge in [0.2, 0.25) is 5.88 Å². The molecule has 2 aromatic heterocycles. The van der Waals surface area contributed by atoms with Gasteiger partial charge in [0.15, 0.2) is 5.76 Å². The fourth-order valence-electron chi connectivity index (χ4n) is 4.46. The zero-order valence-electron chi connectivity index (χ0n) is 23.1. The lowest BCUT2D eigenvalue weighted by Gasteiger charge is -2.13. The highest BCUT2D eigenvalue weighted by Crippen LogP contribution is 2.42. The zero-order valence-corrected chi connectivity index (χ0v) is 23.1. The van der Waals surface area contributed by atoms with Gasteiger partial charge >= 0.3 is 5.97 Å². The number of ether oxygens (including phenoxy) is 1. The molecule has 0 saturated carbocycles. The summed E-state index contributed by atoms with van der Waals surface area (Å²) >= 11 is 0. The Morgan fingerprint density at radius 1 is 0.900 bits per heavy atom. The van der Waals surface area contributed by atoms with Gasteiger partial charge in [-0.2, -0.15) is 9.78 Å². The molecule has 0 saturated heterocycles. The molecule has 0 aliphatic heterocycles. The van der Waals surface area contributed by atoms with Gasteiger partial charge in [0, 0.05) is 38.0 Å². The summed E-state index contributed by atoms with van der Waals surface area (Å²) in [5.74, 6) is -0.257. The van der Waals surface area contributed by atoms with Crippen LogP contribution in [-0.2, 0) is 4.79 Å². The van der Waals surface area contributed by atoms with E-state index in [-0.39, 0.29) is 11.7 Å². The van der Waals surface area contributed by atoms with Crippen LogP contribution in [-0.4, -0.2) is 35.8 Å². The van der Waals surface area contributed by atoms with Gasteiger partial charge in [-0.25, -0.2) is 0 Å². The van der Waals surface area contributed by atoms with Gasteiger partial charge in [-0.05, 0) is 73.0 Å². The van der Waals surface area contributed by atoms with Crippen LogP contribution in [0, 0.1) is 13.8 Å². The first-order chi connectivity index (χ1) is 19.2. The molecule has 1 amide bonds. The quantitative estimate of drug-likeness (QED) is 0.235. The topological polar surface area (TPSA) is 89.6 Å². The van der Waals surface area contributed by atoms with E-state index in [0.29, 0.717) is 22.8 Å². The first-order valence-electron chi connectivity index (χ1n) is 12.8. The SMILES string of the molecule is CC(=O)Oc1c(-c2ccc(NC(=O)c3ccco3)cc2)c(-c2ccc(N(C)C)cc2)nn1-c1cccc(C)c1C. The van der Waals surface area contributed by atoms with E-state index < -0.39 is 5.97 Å². The second-order valence-corrected chi connectivity index (χ2v) is 9.70.